The van der Waals surface area contributed by atoms with E-state index in [2.05, 4.69) is 5.32 Å². The van der Waals surface area contributed by atoms with E-state index in [1.54, 1.807) is 18.2 Å². The number of hydrogen-bond donors (Lipinski definition) is 1. The van der Waals surface area contributed by atoms with E-state index in [4.69, 9.17) is 32.7 Å². The Morgan fingerprint density at radius 2 is 1.87 bits per heavy atom. The summed E-state index contributed by atoms with van der Waals surface area (Å²) >= 11 is 12.0. The molecule has 3 nitrogen and oxygen atoms in total. The van der Waals surface area contributed by atoms with Gasteiger partial charge in [-0.1, -0.05) is 35.3 Å². The van der Waals surface area contributed by atoms with Gasteiger partial charge in [-0.3, -0.25) is 0 Å². The van der Waals surface area contributed by atoms with Crippen molar-refractivity contribution in [2.24, 2.45) is 0 Å². The molecule has 3 rings (SSSR count). The van der Waals surface area contributed by atoms with E-state index >= 15 is 0 Å². The molecule has 2 aromatic carbocycles. The van der Waals surface area contributed by atoms with Crippen molar-refractivity contribution >= 4 is 23.2 Å². The summed E-state index contributed by atoms with van der Waals surface area (Å²) in [6.07, 6.45) is 2.38. The van der Waals surface area contributed by atoms with Crippen LogP contribution in [0.25, 0.3) is 0 Å². The number of nitrogens with one attached hydrogen (secondary N) is 1. The van der Waals surface area contributed by atoms with Crippen molar-refractivity contribution in [3.05, 3.63) is 58.1 Å². The van der Waals surface area contributed by atoms with Crippen LogP contribution in [0.4, 0.5) is 0 Å². The summed E-state index contributed by atoms with van der Waals surface area (Å²) in [7, 11) is 0. The van der Waals surface area contributed by atoms with Crippen LogP contribution in [-0.4, -0.2) is 19.2 Å². The highest BCUT2D eigenvalue weighted by Crippen LogP contribution is 2.28. The van der Waals surface area contributed by atoms with Crippen LogP contribution < -0.4 is 14.8 Å². The van der Waals surface area contributed by atoms with Crippen molar-refractivity contribution in [2.45, 2.75) is 25.6 Å². The van der Waals surface area contributed by atoms with Crippen molar-refractivity contribution in [3.8, 4) is 11.5 Å². The number of rotatable bonds is 5. The molecule has 1 aliphatic heterocycles. The number of hydrogen-bond acceptors (Lipinski definition) is 3. The normalized spacial score (nSPS) is 15.4. The summed E-state index contributed by atoms with van der Waals surface area (Å²) in [6.45, 7) is 2.47. The van der Waals surface area contributed by atoms with Crippen molar-refractivity contribution in [1.82, 2.24) is 5.32 Å². The number of ether oxygens (including phenoxy) is 2. The Kier molecular flexibility index (Phi) is 5.65. The first-order valence-electron chi connectivity index (χ1n) is 7.75. The topological polar surface area (TPSA) is 30.5 Å². The lowest BCUT2D eigenvalue weighted by molar-refractivity contribution is 0.162. The molecule has 0 radical (unpaired) electrons. The van der Waals surface area contributed by atoms with Gasteiger partial charge in [-0.25, -0.2) is 0 Å². The second kappa shape index (κ2) is 7.91. The van der Waals surface area contributed by atoms with E-state index in [1.807, 2.05) is 24.3 Å². The van der Waals surface area contributed by atoms with Crippen molar-refractivity contribution in [3.63, 3.8) is 0 Å². The van der Waals surface area contributed by atoms with Crippen LogP contribution in [-0.2, 0) is 6.61 Å². The van der Waals surface area contributed by atoms with E-state index in [0.717, 1.165) is 37.2 Å². The molecule has 1 saturated heterocycles. The molecular weight excluding hydrogens is 333 g/mol. The predicted octanol–water partition coefficient (Wildman–Crippen LogP) is 4.70. The van der Waals surface area contributed by atoms with Crippen molar-refractivity contribution in [1.29, 1.82) is 0 Å². The number of piperidine rings is 1. The zero-order valence-electron chi connectivity index (χ0n) is 12.7. The van der Waals surface area contributed by atoms with Crippen LogP contribution >= 0.6 is 23.2 Å². The van der Waals surface area contributed by atoms with Gasteiger partial charge in [0.05, 0.1) is 5.02 Å². The molecule has 0 spiro atoms. The van der Waals surface area contributed by atoms with Gasteiger partial charge in [0.1, 0.15) is 24.2 Å². The van der Waals surface area contributed by atoms with Gasteiger partial charge in [-0.2, -0.15) is 0 Å². The first kappa shape index (κ1) is 16.4. The summed E-state index contributed by atoms with van der Waals surface area (Å²) in [5.41, 5.74) is 1.04. The van der Waals surface area contributed by atoms with Crippen LogP contribution in [0.3, 0.4) is 0 Å². The second-order valence-corrected chi connectivity index (χ2v) is 6.42. The van der Waals surface area contributed by atoms with E-state index in [9.17, 15) is 0 Å². The Morgan fingerprint density at radius 1 is 1.04 bits per heavy atom. The van der Waals surface area contributed by atoms with E-state index in [0.29, 0.717) is 22.4 Å². The minimum Gasteiger partial charge on any atom is -0.490 e. The summed E-state index contributed by atoms with van der Waals surface area (Å²) in [5, 5.41) is 4.45. The summed E-state index contributed by atoms with van der Waals surface area (Å²) in [5.74, 6) is 1.51. The molecule has 23 heavy (non-hydrogen) atoms. The molecule has 0 atom stereocenters. The van der Waals surface area contributed by atoms with Crippen molar-refractivity contribution in [2.75, 3.05) is 13.1 Å². The lowest BCUT2D eigenvalue weighted by Gasteiger charge is -2.24. The molecule has 0 unspecified atom stereocenters. The standard InChI is InChI=1S/C18H19Cl2NO2/c19-14-4-5-18(17(20)11-14)22-12-13-2-1-3-16(10-13)23-15-6-8-21-9-7-15/h1-5,10-11,15,21H,6-9,12H2. The minimum atomic E-state index is 0.290. The van der Waals surface area contributed by atoms with Crippen LogP contribution in [0.1, 0.15) is 18.4 Å². The van der Waals surface area contributed by atoms with Gasteiger partial charge in [0.25, 0.3) is 0 Å². The highest BCUT2D eigenvalue weighted by Gasteiger charge is 2.14. The Labute approximate surface area is 146 Å². The molecule has 1 aliphatic rings. The summed E-state index contributed by atoms with van der Waals surface area (Å²) in [4.78, 5) is 0. The van der Waals surface area contributed by atoms with E-state index in [1.165, 1.54) is 0 Å². The van der Waals surface area contributed by atoms with Gasteiger partial charge in [-0.05, 0) is 61.8 Å². The molecule has 1 heterocycles. The number of halogens is 2. The predicted molar refractivity (Wildman–Crippen MR) is 93.8 cm³/mol. The first-order chi connectivity index (χ1) is 11.2. The van der Waals surface area contributed by atoms with Crippen LogP contribution in [0.5, 0.6) is 11.5 Å². The van der Waals surface area contributed by atoms with Gasteiger partial charge in [-0.15, -0.1) is 0 Å². The maximum atomic E-state index is 6.12. The molecule has 2 aromatic rings. The highest BCUT2D eigenvalue weighted by atomic mass is 35.5. The van der Waals surface area contributed by atoms with Gasteiger partial charge in [0, 0.05) is 5.02 Å². The maximum Gasteiger partial charge on any atom is 0.138 e. The van der Waals surface area contributed by atoms with E-state index in [-0.39, 0.29) is 6.10 Å². The average Bonchev–Trinajstić information content (AvgIpc) is 2.55. The van der Waals surface area contributed by atoms with Gasteiger partial charge in [0.2, 0.25) is 0 Å². The van der Waals surface area contributed by atoms with Crippen molar-refractivity contribution < 1.29 is 9.47 Å². The molecule has 0 aliphatic carbocycles. The van der Waals surface area contributed by atoms with Gasteiger partial charge < -0.3 is 14.8 Å². The third-order valence-corrected chi connectivity index (χ3v) is 4.31. The maximum absolute atomic E-state index is 6.12. The monoisotopic (exact) mass is 351 g/mol. The molecule has 5 heteroatoms. The number of benzene rings is 2. The average molecular weight is 352 g/mol. The van der Waals surface area contributed by atoms with Crippen LogP contribution in [0, 0.1) is 0 Å². The minimum absolute atomic E-state index is 0.290. The molecule has 1 fully saturated rings. The zero-order chi connectivity index (χ0) is 16.1. The SMILES string of the molecule is Clc1ccc(OCc2cccc(OC3CCNCC3)c2)c(Cl)c1. The van der Waals surface area contributed by atoms with Gasteiger partial charge >= 0.3 is 0 Å². The quantitative estimate of drug-likeness (QED) is 0.846. The Hall–Kier alpha value is -1.42. The molecule has 0 amide bonds. The van der Waals surface area contributed by atoms with E-state index < -0.39 is 0 Å². The lowest BCUT2D eigenvalue weighted by atomic mass is 10.1. The molecular formula is C18H19Cl2NO2. The zero-order valence-corrected chi connectivity index (χ0v) is 14.2. The summed E-state index contributed by atoms with van der Waals surface area (Å²) in [6, 6.07) is 13.2. The fourth-order valence-electron chi connectivity index (χ4n) is 2.57. The third kappa shape index (κ3) is 4.77. The second-order valence-electron chi connectivity index (χ2n) is 5.58. The lowest BCUT2D eigenvalue weighted by Crippen LogP contribution is -2.34. The third-order valence-electron chi connectivity index (χ3n) is 3.78. The molecule has 122 valence electrons. The highest BCUT2D eigenvalue weighted by molar-refractivity contribution is 6.35. The fourth-order valence-corrected chi connectivity index (χ4v) is 3.03. The largest absolute Gasteiger partial charge is 0.490 e. The fraction of sp³-hybridized carbons (Fsp3) is 0.333. The molecule has 0 saturated carbocycles. The molecule has 0 aromatic heterocycles. The smallest absolute Gasteiger partial charge is 0.138 e. The van der Waals surface area contributed by atoms with Crippen LogP contribution in [0.15, 0.2) is 42.5 Å². The molecule has 1 N–H and O–H groups in total. The Bertz CT molecular complexity index is 657. The van der Waals surface area contributed by atoms with Crippen LogP contribution in [0.2, 0.25) is 10.0 Å². The molecule has 0 bridgehead atoms. The Morgan fingerprint density at radius 3 is 2.65 bits per heavy atom. The Balaban J connectivity index is 1.60. The van der Waals surface area contributed by atoms with Gasteiger partial charge in [0.15, 0.2) is 0 Å². The first-order valence-corrected chi connectivity index (χ1v) is 8.50. The summed E-state index contributed by atoms with van der Waals surface area (Å²) < 4.78 is 11.8.